The maximum atomic E-state index is 14.4. The Labute approximate surface area is 106 Å². The van der Waals surface area contributed by atoms with Crippen molar-refractivity contribution in [2.75, 3.05) is 6.54 Å². The third-order valence-electron chi connectivity index (χ3n) is 2.87. The molecule has 0 saturated heterocycles. The van der Waals surface area contributed by atoms with Crippen molar-refractivity contribution < 1.29 is 4.39 Å². The van der Waals surface area contributed by atoms with Gasteiger partial charge in [0.25, 0.3) is 0 Å². The lowest BCUT2D eigenvalue weighted by Crippen LogP contribution is -2.40. The van der Waals surface area contributed by atoms with Crippen LogP contribution >= 0.6 is 23.2 Å². The van der Waals surface area contributed by atoms with E-state index >= 15 is 0 Å². The molecule has 0 aliphatic heterocycles. The van der Waals surface area contributed by atoms with Gasteiger partial charge in [-0.2, -0.15) is 0 Å². The molecule has 1 nitrogen and oxygen atoms in total. The lowest BCUT2D eigenvalue weighted by Gasteiger charge is -2.28. The van der Waals surface area contributed by atoms with Crippen molar-refractivity contribution in [3.05, 3.63) is 33.8 Å². The largest absolute Gasteiger partial charge is 0.328 e. The average molecular weight is 264 g/mol. The van der Waals surface area contributed by atoms with Gasteiger partial charge < -0.3 is 5.73 Å². The van der Waals surface area contributed by atoms with E-state index in [2.05, 4.69) is 0 Å². The standard InChI is InChI=1S/C12H16Cl2FN/c1-8(2)12(15,7-16)6-9-3-4-10(13)5-11(9)14/h3-5,8H,6-7,16H2,1-2H3. The highest BCUT2D eigenvalue weighted by Crippen LogP contribution is 2.30. The fourth-order valence-corrected chi connectivity index (χ4v) is 1.97. The lowest BCUT2D eigenvalue weighted by molar-refractivity contribution is 0.110. The minimum atomic E-state index is -1.42. The van der Waals surface area contributed by atoms with Crippen LogP contribution in [0.2, 0.25) is 10.0 Å². The lowest BCUT2D eigenvalue weighted by atomic mass is 9.86. The number of alkyl halides is 1. The van der Waals surface area contributed by atoms with Crippen molar-refractivity contribution in [1.82, 2.24) is 0 Å². The predicted octanol–water partition coefficient (Wildman–Crippen LogP) is 3.86. The van der Waals surface area contributed by atoms with Crippen molar-refractivity contribution in [2.45, 2.75) is 25.9 Å². The van der Waals surface area contributed by atoms with Crippen LogP contribution in [0.1, 0.15) is 19.4 Å². The molecule has 4 heteroatoms. The van der Waals surface area contributed by atoms with Crippen LogP contribution in [-0.2, 0) is 6.42 Å². The molecule has 90 valence electrons. The zero-order chi connectivity index (χ0) is 12.3. The first-order valence-electron chi connectivity index (χ1n) is 5.22. The molecule has 1 unspecified atom stereocenters. The predicted molar refractivity (Wildman–Crippen MR) is 67.9 cm³/mol. The Morgan fingerprint density at radius 3 is 2.44 bits per heavy atom. The summed E-state index contributed by atoms with van der Waals surface area (Å²) in [4.78, 5) is 0. The molecular formula is C12H16Cl2FN. The summed E-state index contributed by atoms with van der Waals surface area (Å²) in [5.74, 6) is -0.149. The van der Waals surface area contributed by atoms with E-state index in [1.807, 2.05) is 13.8 Å². The number of halogens is 3. The summed E-state index contributed by atoms with van der Waals surface area (Å²) < 4.78 is 14.4. The van der Waals surface area contributed by atoms with Crippen molar-refractivity contribution >= 4 is 23.2 Å². The molecule has 0 heterocycles. The molecular weight excluding hydrogens is 248 g/mol. The molecule has 1 aromatic rings. The van der Waals surface area contributed by atoms with Crippen molar-refractivity contribution in [3.63, 3.8) is 0 Å². The molecule has 1 rings (SSSR count). The fraction of sp³-hybridized carbons (Fsp3) is 0.500. The molecule has 1 aromatic carbocycles. The summed E-state index contributed by atoms with van der Waals surface area (Å²) in [6.45, 7) is 3.62. The molecule has 16 heavy (non-hydrogen) atoms. The van der Waals surface area contributed by atoms with Crippen LogP contribution in [0.25, 0.3) is 0 Å². The van der Waals surface area contributed by atoms with Gasteiger partial charge in [-0.05, 0) is 23.6 Å². The Kier molecular flexibility index (Phi) is 4.60. The summed E-state index contributed by atoms with van der Waals surface area (Å²) in [6.07, 6.45) is 0.219. The van der Waals surface area contributed by atoms with Crippen molar-refractivity contribution in [3.8, 4) is 0 Å². The van der Waals surface area contributed by atoms with E-state index in [9.17, 15) is 4.39 Å². The van der Waals surface area contributed by atoms with Crippen LogP contribution in [0, 0.1) is 5.92 Å². The summed E-state index contributed by atoms with van der Waals surface area (Å²) in [5.41, 5.74) is 4.82. The van der Waals surface area contributed by atoms with E-state index in [0.717, 1.165) is 5.56 Å². The van der Waals surface area contributed by atoms with Gasteiger partial charge in [-0.15, -0.1) is 0 Å². The molecule has 0 radical (unpaired) electrons. The first-order valence-corrected chi connectivity index (χ1v) is 5.97. The maximum Gasteiger partial charge on any atom is 0.129 e. The number of hydrogen-bond donors (Lipinski definition) is 1. The second-order valence-corrected chi connectivity index (χ2v) is 5.15. The average Bonchev–Trinajstić information content (AvgIpc) is 2.22. The second kappa shape index (κ2) is 5.35. The molecule has 0 aromatic heterocycles. The quantitative estimate of drug-likeness (QED) is 0.878. The molecule has 0 fully saturated rings. The Morgan fingerprint density at radius 1 is 1.38 bits per heavy atom. The summed E-state index contributed by atoms with van der Waals surface area (Å²) >= 11 is 11.8. The van der Waals surface area contributed by atoms with E-state index in [4.69, 9.17) is 28.9 Å². The summed E-state index contributed by atoms with van der Waals surface area (Å²) in [5, 5.41) is 1.04. The van der Waals surface area contributed by atoms with Crippen LogP contribution < -0.4 is 5.73 Å². The molecule has 0 bridgehead atoms. The third-order valence-corrected chi connectivity index (χ3v) is 3.46. The molecule has 0 saturated carbocycles. The normalized spacial score (nSPS) is 15.2. The van der Waals surface area contributed by atoms with Gasteiger partial charge >= 0.3 is 0 Å². The van der Waals surface area contributed by atoms with E-state index in [0.29, 0.717) is 10.0 Å². The summed E-state index contributed by atoms with van der Waals surface area (Å²) in [7, 11) is 0. The maximum absolute atomic E-state index is 14.4. The highest BCUT2D eigenvalue weighted by atomic mass is 35.5. The number of nitrogens with two attached hydrogens (primary N) is 1. The topological polar surface area (TPSA) is 26.0 Å². The van der Waals surface area contributed by atoms with E-state index in [1.54, 1.807) is 18.2 Å². The van der Waals surface area contributed by atoms with Crippen LogP contribution in [0.15, 0.2) is 18.2 Å². The van der Waals surface area contributed by atoms with Crippen LogP contribution in [-0.4, -0.2) is 12.2 Å². The highest BCUT2D eigenvalue weighted by Gasteiger charge is 2.32. The Balaban J connectivity index is 2.95. The molecule has 2 N–H and O–H groups in total. The van der Waals surface area contributed by atoms with Gasteiger partial charge in [-0.3, -0.25) is 0 Å². The first-order chi connectivity index (χ1) is 7.39. The number of hydrogen-bond acceptors (Lipinski definition) is 1. The number of rotatable bonds is 4. The van der Waals surface area contributed by atoms with E-state index in [1.165, 1.54) is 0 Å². The van der Waals surface area contributed by atoms with Gasteiger partial charge in [0, 0.05) is 23.0 Å². The Hall–Kier alpha value is -0.310. The van der Waals surface area contributed by atoms with Crippen LogP contribution in [0.3, 0.4) is 0 Å². The minimum absolute atomic E-state index is 0.0103. The van der Waals surface area contributed by atoms with Crippen LogP contribution in [0.4, 0.5) is 4.39 Å². The molecule has 0 amide bonds. The Morgan fingerprint density at radius 2 is 2.00 bits per heavy atom. The Bertz CT molecular complexity index is 368. The fourth-order valence-electron chi connectivity index (χ4n) is 1.49. The molecule has 0 spiro atoms. The van der Waals surface area contributed by atoms with Gasteiger partial charge in [0.1, 0.15) is 5.67 Å². The second-order valence-electron chi connectivity index (χ2n) is 4.31. The zero-order valence-electron chi connectivity index (χ0n) is 9.43. The molecule has 0 aliphatic carbocycles. The van der Waals surface area contributed by atoms with Crippen molar-refractivity contribution in [2.24, 2.45) is 11.7 Å². The van der Waals surface area contributed by atoms with Crippen LogP contribution in [0.5, 0.6) is 0 Å². The van der Waals surface area contributed by atoms with Gasteiger partial charge in [-0.1, -0.05) is 43.1 Å². The molecule has 1 atom stereocenters. The minimum Gasteiger partial charge on any atom is -0.328 e. The third kappa shape index (κ3) is 3.09. The zero-order valence-corrected chi connectivity index (χ0v) is 10.9. The summed E-state index contributed by atoms with van der Waals surface area (Å²) in [6, 6.07) is 5.08. The van der Waals surface area contributed by atoms with E-state index < -0.39 is 5.67 Å². The monoisotopic (exact) mass is 263 g/mol. The SMILES string of the molecule is CC(C)C(F)(CN)Cc1ccc(Cl)cc1Cl. The first kappa shape index (κ1) is 13.8. The highest BCUT2D eigenvalue weighted by molar-refractivity contribution is 6.35. The number of benzene rings is 1. The van der Waals surface area contributed by atoms with E-state index in [-0.39, 0.29) is 18.9 Å². The van der Waals surface area contributed by atoms with Gasteiger partial charge in [0.15, 0.2) is 0 Å². The van der Waals surface area contributed by atoms with Crippen molar-refractivity contribution in [1.29, 1.82) is 0 Å². The van der Waals surface area contributed by atoms with Gasteiger partial charge in [0.2, 0.25) is 0 Å². The van der Waals surface area contributed by atoms with Gasteiger partial charge in [0.05, 0.1) is 0 Å². The smallest absolute Gasteiger partial charge is 0.129 e. The molecule has 0 aliphatic rings. The van der Waals surface area contributed by atoms with Gasteiger partial charge in [-0.25, -0.2) is 4.39 Å².